The number of aliphatic hydroxyl groups is 1. The third-order valence-electron chi connectivity index (χ3n) is 5.27. The molecule has 1 unspecified atom stereocenters. The third kappa shape index (κ3) is 3.78. The van der Waals surface area contributed by atoms with Crippen molar-refractivity contribution in [2.45, 2.75) is 6.04 Å². The molecule has 1 aromatic heterocycles. The van der Waals surface area contributed by atoms with Crippen LogP contribution in [0, 0.1) is 5.82 Å². The highest BCUT2D eigenvalue weighted by atomic mass is 35.5. The smallest absolute Gasteiger partial charge is 0.301 e. The van der Waals surface area contributed by atoms with Crippen LogP contribution in [0.15, 0.2) is 72.3 Å². The summed E-state index contributed by atoms with van der Waals surface area (Å²) in [7, 11) is 0. The van der Waals surface area contributed by atoms with Gasteiger partial charge in [0.05, 0.1) is 21.8 Å². The molecule has 33 heavy (non-hydrogen) atoms. The fraction of sp³-hybridized carbons (Fsp3) is 0.0417. The lowest BCUT2D eigenvalue weighted by Gasteiger charge is -2.23. The molecule has 1 saturated heterocycles. The maximum Gasteiger partial charge on any atom is 0.301 e. The molecule has 1 aliphatic heterocycles. The van der Waals surface area contributed by atoms with Crippen LogP contribution in [0.5, 0.6) is 0 Å². The molecule has 9 heteroatoms. The lowest BCUT2D eigenvalue weighted by molar-refractivity contribution is -0.132. The van der Waals surface area contributed by atoms with E-state index in [4.69, 9.17) is 23.2 Å². The zero-order valence-corrected chi connectivity index (χ0v) is 19.0. The number of hydrogen-bond acceptors (Lipinski definition) is 5. The number of aliphatic hydroxyl groups excluding tert-OH is 1. The topological polar surface area (TPSA) is 70.5 Å². The summed E-state index contributed by atoms with van der Waals surface area (Å²) in [6, 6.07) is 16.0. The Morgan fingerprint density at radius 2 is 1.76 bits per heavy atom. The van der Waals surface area contributed by atoms with Gasteiger partial charge in [-0.15, -0.1) is 0 Å². The number of hydrogen-bond donors (Lipinski definition) is 1. The maximum atomic E-state index is 13.7. The molecule has 0 bridgehead atoms. The number of nitrogens with zero attached hydrogens (tertiary/aromatic N) is 2. The van der Waals surface area contributed by atoms with Crippen molar-refractivity contribution in [3.8, 4) is 0 Å². The number of halogens is 3. The van der Waals surface area contributed by atoms with Gasteiger partial charge in [-0.05, 0) is 60.2 Å². The average molecular weight is 499 g/mol. The molecule has 4 aromatic rings. The van der Waals surface area contributed by atoms with E-state index in [0.29, 0.717) is 31.4 Å². The molecule has 1 aliphatic rings. The number of aromatic nitrogens is 1. The van der Waals surface area contributed by atoms with Gasteiger partial charge in [0, 0.05) is 15.6 Å². The summed E-state index contributed by atoms with van der Waals surface area (Å²) < 4.78 is 14.2. The molecule has 2 heterocycles. The second kappa shape index (κ2) is 8.26. The first-order chi connectivity index (χ1) is 15.8. The Labute approximate surface area is 201 Å². The van der Waals surface area contributed by atoms with E-state index < -0.39 is 23.5 Å². The van der Waals surface area contributed by atoms with Gasteiger partial charge < -0.3 is 5.11 Å². The number of carbonyl (C=O) groups excluding carboxylic acids is 2. The predicted octanol–water partition coefficient (Wildman–Crippen LogP) is 6.37. The lowest BCUT2D eigenvalue weighted by atomic mass is 9.95. The van der Waals surface area contributed by atoms with Crippen LogP contribution in [0.4, 0.5) is 9.52 Å². The molecule has 1 amide bonds. The molecular formula is C24H13Cl2FN2O3S. The summed E-state index contributed by atoms with van der Waals surface area (Å²) in [4.78, 5) is 32.0. The number of Topliss-reactive ketones (excluding diaryl/α,β-unsaturated/α-hetero) is 1. The zero-order valence-electron chi connectivity index (χ0n) is 16.6. The molecular weight excluding hydrogens is 486 g/mol. The van der Waals surface area contributed by atoms with Crippen LogP contribution >= 0.6 is 34.5 Å². The molecule has 1 fully saturated rings. The Bertz CT molecular complexity index is 1470. The predicted molar refractivity (Wildman–Crippen MR) is 127 cm³/mol. The van der Waals surface area contributed by atoms with Crippen molar-refractivity contribution < 1.29 is 19.1 Å². The second-order valence-electron chi connectivity index (χ2n) is 7.34. The van der Waals surface area contributed by atoms with Gasteiger partial charge in [0.15, 0.2) is 5.13 Å². The summed E-state index contributed by atoms with van der Waals surface area (Å²) in [5, 5.41) is 12.1. The summed E-state index contributed by atoms with van der Waals surface area (Å²) in [6.45, 7) is 0. The lowest BCUT2D eigenvalue weighted by Crippen LogP contribution is -2.29. The summed E-state index contributed by atoms with van der Waals surface area (Å²) in [6.07, 6.45) is 0. The zero-order chi connectivity index (χ0) is 23.3. The number of carbonyl (C=O) groups is 2. The van der Waals surface area contributed by atoms with Crippen LogP contribution in [-0.2, 0) is 9.59 Å². The van der Waals surface area contributed by atoms with Gasteiger partial charge >= 0.3 is 5.91 Å². The van der Waals surface area contributed by atoms with Crippen LogP contribution in [0.2, 0.25) is 10.0 Å². The standard InChI is InChI=1S/C24H13Cl2FN2O3S/c25-14-6-4-12(5-7-14)21(30)19-20(13-2-1-3-15(26)10-13)29(23(32)22(19)31)24-28-17-9-8-16(27)11-18(17)33-24/h1-11,20,30H/b21-19+. The second-order valence-corrected chi connectivity index (χ2v) is 9.22. The summed E-state index contributed by atoms with van der Waals surface area (Å²) in [5.74, 6) is -2.49. The van der Waals surface area contributed by atoms with E-state index in [9.17, 15) is 19.1 Å². The van der Waals surface area contributed by atoms with Crippen molar-refractivity contribution in [1.29, 1.82) is 0 Å². The fourth-order valence-corrected chi connectivity index (χ4v) is 5.12. The number of benzene rings is 3. The van der Waals surface area contributed by atoms with Crippen LogP contribution in [0.3, 0.4) is 0 Å². The quantitative estimate of drug-likeness (QED) is 0.202. The number of ketones is 1. The maximum absolute atomic E-state index is 13.7. The number of anilines is 1. The molecule has 0 spiro atoms. The van der Waals surface area contributed by atoms with Gasteiger partial charge in [0.1, 0.15) is 11.6 Å². The Balaban J connectivity index is 1.74. The highest BCUT2D eigenvalue weighted by molar-refractivity contribution is 7.22. The van der Waals surface area contributed by atoms with Gasteiger partial charge in [-0.1, -0.05) is 46.7 Å². The monoisotopic (exact) mass is 498 g/mol. The minimum atomic E-state index is -0.982. The first-order valence-corrected chi connectivity index (χ1v) is 11.3. The molecule has 1 atom stereocenters. The van der Waals surface area contributed by atoms with Gasteiger partial charge in [0.2, 0.25) is 0 Å². The molecule has 164 valence electrons. The van der Waals surface area contributed by atoms with Crippen molar-refractivity contribution in [1.82, 2.24) is 4.98 Å². The number of rotatable bonds is 3. The molecule has 3 aromatic carbocycles. The molecule has 0 saturated carbocycles. The Hall–Kier alpha value is -3.26. The highest BCUT2D eigenvalue weighted by Gasteiger charge is 2.48. The Kier molecular flexibility index (Phi) is 5.40. The largest absolute Gasteiger partial charge is 0.507 e. The Morgan fingerprint density at radius 3 is 2.48 bits per heavy atom. The van der Waals surface area contributed by atoms with E-state index >= 15 is 0 Å². The summed E-state index contributed by atoms with van der Waals surface area (Å²) >= 11 is 13.2. The van der Waals surface area contributed by atoms with Crippen LogP contribution < -0.4 is 4.90 Å². The van der Waals surface area contributed by atoms with E-state index in [-0.39, 0.29) is 16.5 Å². The van der Waals surface area contributed by atoms with E-state index in [0.717, 1.165) is 11.3 Å². The number of amides is 1. The fourth-order valence-electron chi connectivity index (χ4n) is 3.77. The highest BCUT2D eigenvalue weighted by Crippen LogP contribution is 2.44. The molecule has 1 N–H and O–H groups in total. The van der Waals surface area contributed by atoms with Crippen molar-refractivity contribution in [3.63, 3.8) is 0 Å². The minimum Gasteiger partial charge on any atom is -0.507 e. The van der Waals surface area contributed by atoms with E-state index in [2.05, 4.69) is 4.98 Å². The van der Waals surface area contributed by atoms with E-state index in [1.54, 1.807) is 48.5 Å². The van der Waals surface area contributed by atoms with Crippen LogP contribution in [-0.4, -0.2) is 21.8 Å². The normalized spacial score (nSPS) is 17.8. The SMILES string of the molecule is O=C1C(=O)N(c2nc3ccc(F)cc3s2)C(c2cccc(Cl)c2)/C1=C(\O)c1ccc(Cl)cc1. The van der Waals surface area contributed by atoms with Gasteiger partial charge in [0.25, 0.3) is 5.78 Å². The van der Waals surface area contributed by atoms with Crippen molar-refractivity contribution in [3.05, 3.63) is 99.3 Å². The van der Waals surface area contributed by atoms with Gasteiger partial charge in [-0.2, -0.15) is 0 Å². The minimum absolute atomic E-state index is 0.102. The molecule has 0 radical (unpaired) electrons. The van der Waals surface area contributed by atoms with E-state index in [1.165, 1.54) is 23.1 Å². The van der Waals surface area contributed by atoms with Gasteiger partial charge in [-0.25, -0.2) is 9.37 Å². The Morgan fingerprint density at radius 1 is 1.00 bits per heavy atom. The van der Waals surface area contributed by atoms with Crippen molar-refractivity contribution in [2.24, 2.45) is 0 Å². The first-order valence-electron chi connectivity index (χ1n) is 9.72. The molecule has 0 aliphatic carbocycles. The average Bonchev–Trinajstić information content (AvgIpc) is 3.32. The first kappa shape index (κ1) is 21.6. The number of fused-ring (bicyclic) bond motifs is 1. The van der Waals surface area contributed by atoms with E-state index in [1.807, 2.05) is 0 Å². The number of thiazole rings is 1. The van der Waals surface area contributed by atoms with Crippen LogP contribution in [0.25, 0.3) is 16.0 Å². The van der Waals surface area contributed by atoms with Crippen molar-refractivity contribution >= 4 is 67.3 Å². The summed E-state index contributed by atoms with van der Waals surface area (Å²) in [5.41, 5.74) is 1.23. The van der Waals surface area contributed by atoms with Crippen LogP contribution in [0.1, 0.15) is 17.2 Å². The van der Waals surface area contributed by atoms with Gasteiger partial charge in [-0.3, -0.25) is 14.5 Å². The van der Waals surface area contributed by atoms with Crippen molar-refractivity contribution in [2.75, 3.05) is 4.90 Å². The molecule has 5 nitrogen and oxygen atoms in total. The molecule has 5 rings (SSSR count). The third-order valence-corrected chi connectivity index (χ3v) is 6.78.